The smallest absolute Gasteiger partial charge is 0.341 e. The van der Waals surface area contributed by atoms with Crippen molar-refractivity contribution in [3.8, 4) is 11.5 Å². The van der Waals surface area contributed by atoms with Gasteiger partial charge in [0.1, 0.15) is 23.3 Å². The molecule has 0 aromatic carbocycles. The van der Waals surface area contributed by atoms with Crippen LogP contribution in [-0.4, -0.2) is 32.5 Å². The molecule has 0 aliphatic carbocycles. The molecular formula is C12H10F2N4O2. The van der Waals surface area contributed by atoms with E-state index in [9.17, 15) is 13.6 Å². The van der Waals surface area contributed by atoms with E-state index in [-0.39, 0.29) is 23.7 Å². The Morgan fingerprint density at radius 1 is 1.40 bits per heavy atom. The summed E-state index contributed by atoms with van der Waals surface area (Å²) in [5.74, 6) is -0.882. The van der Waals surface area contributed by atoms with E-state index in [1.807, 2.05) is 0 Å². The van der Waals surface area contributed by atoms with Gasteiger partial charge in [-0.2, -0.15) is 0 Å². The fourth-order valence-corrected chi connectivity index (χ4v) is 1.47. The van der Waals surface area contributed by atoms with Gasteiger partial charge in [-0.25, -0.2) is 33.5 Å². The number of hydrogen-bond acceptors (Lipinski definition) is 6. The van der Waals surface area contributed by atoms with Gasteiger partial charge in [-0.05, 0) is 13.0 Å². The van der Waals surface area contributed by atoms with E-state index in [0.29, 0.717) is 0 Å². The van der Waals surface area contributed by atoms with Gasteiger partial charge in [0, 0.05) is 12.4 Å². The minimum absolute atomic E-state index is 0.00394. The Hall–Kier alpha value is -2.51. The van der Waals surface area contributed by atoms with E-state index in [4.69, 9.17) is 0 Å². The van der Waals surface area contributed by atoms with E-state index in [2.05, 4.69) is 24.7 Å². The summed E-state index contributed by atoms with van der Waals surface area (Å²) in [5, 5.41) is 0. The highest BCUT2D eigenvalue weighted by molar-refractivity contribution is 5.90. The Morgan fingerprint density at radius 2 is 2.20 bits per heavy atom. The van der Waals surface area contributed by atoms with Crippen LogP contribution in [0.5, 0.6) is 0 Å². The number of esters is 1. The van der Waals surface area contributed by atoms with Crippen molar-refractivity contribution in [2.24, 2.45) is 0 Å². The van der Waals surface area contributed by atoms with E-state index in [1.54, 1.807) is 6.92 Å². The maximum absolute atomic E-state index is 13.0. The van der Waals surface area contributed by atoms with Crippen molar-refractivity contribution in [1.82, 2.24) is 19.9 Å². The molecule has 2 rings (SSSR count). The van der Waals surface area contributed by atoms with Crippen molar-refractivity contribution in [2.75, 3.05) is 6.61 Å². The van der Waals surface area contributed by atoms with Crippen LogP contribution >= 0.6 is 0 Å². The zero-order chi connectivity index (χ0) is 14.5. The molecule has 0 fully saturated rings. The molecule has 2 aromatic heterocycles. The minimum atomic E-state index is -2.92. The predicted molar refractivity (Wildman–Crippen MR) is 64.0 cm³/mol. The fourth-order valence-electron chi connectivity index (χ4n) is 1.47. The highest BCUT2D eigenvalue weighted by Crippen LogP contribution is 2.23. The van der Waals surface area contributed by atoms with Gasteiger partial charge in [-0.3, -0.25) is 0 Å². The molecular weight excluding hydrogens is 270 g/mol. The Bertz CT molecular complexity index is 608. The molecule has 6 nitrogen and oxygen atoms in total. The van der Waals surface area contributed by atoms with Crippen molar-refractivity contribution in [1.29, 1.82) is 0 Å². The summed E-state index contributed by atoms with van der Waals surface area (Å²) in [5.41, 5.74) is -0.732. The third kappa shape index (κ3) is 2.90. The molecule has 0 saturated heterocycles. The molecule has 8 heteroatoms. The largest absolute Gasteiger partial charge is 0.462 e. The quantitative estimate of drug-likeness (QED) is 0.797. The Kier molecular flexibility index (Phi) is 4.24. The van der Waals surface area contributed by atoms with Crippen molar-refractivity contribution in [3.05, 3.63) is 36.0 Å². The third-order valence-electron chi connectivity index (χ3n) is 2.33. The van der Waals surface area contributed by atoms with Crippen LogP contribution in [0.1, 0.15) is 29.4 Å². The lowest BCUT2D eigenvalue weighted by Crippen LogP contribution is -2.12. The van der Waals surface area contributed by atoms with Crippen molar-refractivity contribution >= 4 is 5.97 Å². The number of aromatic nitrogens is 4. The molecule has 0 amide bonds. The second-order valence-corrected chi connectivity index (χ2v) is 3.61. The number of nitrogens with zero attached hydrogens (tertiary/aromatic N) is 4. The lowest BCUT2D eigenvalue weighted by Gasteiger charge is -2.08. The van der Waals surface area contributed by atoms with Crippen LogP contribution in [0, 0.1) is 0 Å². The molecule has 20 heavy (non-hydrogen) atoms. The van der Waals surface area contributed by atoms with Gasteiger partial charge >= 0.3 is 5.97 Å². The number of ether oxygens (including phenoxy) is 1. The van der Waals surface area contributed by atoms with E-state index >= 15 is 0 Å². The molecule has 0 aliphatic heterocycles. The maximum Gasteiger partial charge on any atom is 0.341 e. The summed E-state index contributed by atoms with van der Waals surface area (Å²) < 4.78 is 30.7. The molecule has 0 unspecified atom stereocenters. The zero-order valence-electron chi connectivity index (χ0n) is 10.5. The molecule has 0 aliphatic rings. The Morgan fingerprint density at radius 3 is 2.80 bits per heavy atom. The van der Waals surface area contributed by atoms with Gasteiger partial charge in [-0.1, -0.05) is 0 Å². The highest BCUT2D eigenvalue weighted by Gasteiger charge is 2.23. The van der Waals surface area contributed by atoms with Gasteiger partial charge < -0.3 is 4.74 Å². The summed E-state index contributed by atoms with van der Waals surface area (Å²) in [7, 11) is 0. The summed E-state index contributed by atoms with van der Waals surface area (Å²) >= 11 is 0. The molecule has 104 valence electrons. The summed E-state index contributed by atoms with van der Waals surface area (Å²) in [6.07, 6.45) is 0.787. The first kappa shape index (κ1) is 13.9. The first-order chi connectivity index (χ1) is 9.63. The summed E-state index contributed by atoms with van der Waals surface area (Å²) in [4.78, 5) is 26.7. The lowest BCUT2D eigenvalue weighted by molar-refractivity contribution is 0.0513. The van der Waals surface area contributed by atoms with Crippen LogP contribution in [0.25, 0.3) is 11.5 Å². The molecule has 0 radical (unpaired) electrons. The zero-order valence-corrected chi connectivity index (χ0v) is 10.5. The van der Waals surface area contributed by atoms with Crippen LogP contribution in [0.3, 0.4) is 0 Å². The number of halogens is 2. The number of alkyl halides is 2. The molecule has 2 heterocycles. The number of carbonyl (C=O) groups is 1. The standard InChI is InChI=1S/C12H10F2N4O2/c1-2-20-12(19)7-5-16-11(18-9(7)10(13)14)8-3-4-15-6-17-8/h3-6,10H,2H2,1H3. The van der Waals surface area contributed by atoms with Gasteiger partial charge in [0.15, 0.2) is 5.82 Å². The first-order valence-electron chi connectivity index (χ1n) is 5.72. The number of carbonyl (C=O) groups excluding carboxylic acids is 1. The summed E-state index contributed by atoms with van der Waals surface area (Å²) in [6.45, 7) is 1.66. The van der Waals surface area contributed by atoms with Crippen LogP contribution in [0.2, 0.25) is 0 Å². The Labute approximate surface area is 112 Å². The maximum atomic E-state index is 13.0. The van der Waals surface area contributed by atoms with Gasteiger partial charge in [0.25, 0.3) is 6.43 Å². The number of rotatable bonds is 4. The minimum Gasteiger partial charge on any atom is -0.462 e. The number of hydrogen-bond donors (Lipinski definition) is 0. The van der Waals surface area contributed by atoms with Gasteiger partial charge in [-0.15, -0.1) is 0 Å². The Balaban J connectivity index is 2.45. The molecule has 0 N–H and O–H groups in total. The molecule has 0 bridgehead atoms. The monoisotopic (exact) mass is 280 g/mol. The van der Waals surface area contributed by atoms with Gasteiger partial charge in [0.05, 0.1) is 6.61 Å². The summed E-state index contributed by atoms with van der Waals surface area (Å²) in [6, 6.07) is 1.48. The van der Waals surface area contributed by atoms with E-state index in [1.165, 1.54) is 18.6 Å². The topological polar surface area (TPSA) is 77.9 Å². The average Bonchev–Trinajstić information content (AvgIpc) is 2.47. The van der Waals surface area contributed by atoms with Crippen molar-refractivity contribution in [2.45, 2.75) is 13.3 Å². The predicted octanol–water partition coefficient (Wildman–Crippen LogP) is 2.05. The second-order valence-electron chi connectivity index (χ2n) is 3.61. The lowest BCUT2D eigenvalue weighted by atomic mass is 10.2. The van der Waals surface area contributed by atoms with Crippen LogP contribution in [0.15, 0.2) is 24.8 Å². The fraction of sp³-hybridized carbons (Fsp3) is 0.250. The highest BCUT2D eigenvalue weighted by atomic mass is 19.3. The van der Waals surface area contributed by atoms with Crippen LogP contribution < -0.4 is 0 Å². The average molecular weight is 280 g/mol. The first-order valence-corrected chi connectivity index (χ1v) is 5.72. The molecule has 0 saturated carbocycles. The third-order valence-corrected chi connectivity index (χ3v) is 2.33. The van der Waals surface area contributed by atoms with E-state index in [0.717, 1.165) is 6.20 Å². The van der Waals surface area contributed by atoms with Crippen molar-refractivity contribution < 1.29 is 18.3 Å². The molecule has 0 atom stereocenters. The second kappa shape index (κ2) is 6.09. The SMILES string of the molecule is CCOC(=O)c1cnc(-c2ccncn2)nc1C(F)F. The normalized spacial score (nSPS) is 10.6. The molecule has 2 aromatic rings. The van der Waals surface area contributed by atoms with Crippen molar-refractivity contribution in [3.63, 3.8) is 0 Å². The van der Waals surface area contributed by atoms with Gasteiger partial charge in [0.2, 0.25) is 0 Å². The molecule has 0 spiro atoms. The van der Waals surface area contributed by atoms with Crippen LogP contribution in [-0.2, 0) is 4.74 Å². The van der Waals surface area contributed by atoms with E-state index < -0.39 is 18.1 Å². The van der Waals surface area contributed by atoms with Crippen LogP contribution in [0.4, 0.5) is 8.78 Å².